The van der Waals surface area contributed by atoms with Crippen molar-refractivity contribution < 1.29 is 9.47 Å². The smallest absolute Gasteiger partial charge is 0.121 e. The Morgan fingerprint density at radius 3 is 2.70 bits per heavy atom. The average Bonchev–Trinajstić information content (AvgIpc) is 2.38. The molecule has 1 heterocycles. The summed E-state index contributed by atoms with van der Waals surface area (Å²) >= 11 is 0. The molecule has 4 heteroatoms. The first-order valence-electron chi connectivity index (χ1n) is 7.42. The van der Waals surface area contributed by atoms with E-state index in [0.29, 0.717) is 12.2 Å². The second-order valence-corrected chi connectivity index (χ2v) is 5.69. The Balaban J connectivity index is 1.72. The Bertz CT molecular complexity index is 428. The van der Waals surface area contributed by atoms with Gasteiger partial charge >= 0.3 is 0 Å². The van der Waals surface area contributed by atoms with E-state index < -0.39 is 0 Å². The Hall–Kier alpha value is -0.995. The molecule has 0 bridgehead atoms. The summed E-state index contributed by atoms with van der Waals surface area (Å²) < 4.78 is 11.6. The lowest BCUT2D eigenvalue weighted by Gasteiger charge is -2.35. The molecule has 1 aliphatic rings. The molecule has 1 aromatic rings. The Morgan fingerprint density at radius 2 is 2.00 bits per heavy atom. The molecule has 0 amide bonds. The quantitative estimate of drug-likeness (QED) is 0.601. The van der Waals surface area contributed by atoms with Crippen molar-refractivity contribution in [2.24, 2.45) is 0 Å². The van der Waals surface area contributed by atoms with Crippen LogP contribution in [0.4, 0.5) is 0 Å². The predicted octanol–water partition coefficient (Wildman–Crippen LogP) is 1.67. The van der Waals surface area contributed by atoms with Crippen molar-refractivity contribution in [1.82, 2.24) is 4.90 Å². The van der Waals surface area contributed by atoms with Crippen LogP contribution in [0.1, 0.15) is 25.8 Å². The van der Waals surface area contributed by atoms with E-state index in [0.717, 1.165) is 49.4 Å². The van der Waals surface area contributed by atoms with Crippen molar-refractivity contribution >= 4 is 13.3 Å². The first-order valence-corrected chi connectivity index (χ1v) is 7.42. The molecule has 0 saturated carbocycles. The van der Waals surface area contributed by atoms with E-state index in [1.54, 1.807) is 0 Å². The Kier molecular flexibility index (Phi) is 5.50. The van der Waals surface area contributed by atoms with Crippen LogP contribution in [0.2, 0.25) is 0 Å². The van der Waals surface area contributed by atoms with Gasteiger partial charge in [0.05, 0.1) is 18.8 Å². The summed E-state index contributed by atoms with van der Waals surface area (Å²) in [5.74, 6) is 0.897. The van der Waals surface area contributed by atoms with Crippen LogP contribution in [0.15, 0.2) is 18.2 Å². The van der Waals surface area contributed by atoms with Crippen molar-refractivity contribution in [3.8, 4) is 5.75 Å². The summed E-state index contributed by atoms with van der Waals surface area (Å²) in [5.41, 5.74) is 1.82. The molecule has 0 aliphatic carbocycles. The zero-order chi connectivity index (χ0) is 14.5. The van der Waals surface area contributed by atoms with Crippen molar-refractivity contribution in [2.75, 3.05) is 26.2 Å². The van der Waals surface area contributed by atoms with Gasteiger partial charge in [0, 0.05) is 19.6 Å². The van der Waals surface area contributed by atoms with E-state index >= 15 is 0 Å². The number of ether oxygens (including phenoxy) is 2. The monoisotopic (exact) mass is 273 g/mol. The molecule has 2 radical (unpaired) electrons. The number of hydrogen-bond acceptors (Lipinski definition) is 3. The minimum absolute atomic E-state index is 0.329. The number of hydrogen-bond donors (Lipinski definition) is 0. The zero-order valence-corrected chi connectivity index (χ0v) is 12.8. The van der Waals surface area contributed by atoms with Crippen molar-refractivity contribution in [3.63, 3.8) is 0 Å². The molecule has 1 aliphatic heterocycles. The van der Waals surface area contributed by atoms with Gasteiger partial charge in [-0.25, -0.2) is 0 Å². The fraction of sp³-hybridized carbons (Fsp3) is 0.625. The van der Waals surface area contributed by atoms with E-state index in [-0.39, 0.29) is 0 Å². The first kappa shape index (κ1) is 15.4. The third kappa shape index (κ3) is 4.25. The van der Waals surface area contributed by atoms with Gasteiger partial charge in [0.25, 0.3) is 0 Å². The van der Waals surface area contributed by atoms with Crippen molar-refractivity contribution in [2.45, 2.75) is 39.4 Å². The first-order chi connectivity index (χ1) is 9.56. The predicted molar refractivity (Wildman–Crippen MR) is 83.1 cm³/mol. The van der Waals surface area contributed by atoms with Crippen LogP contribution in [-0.2, 0) is 4.74 Å². The molecule has 1 saturated heterocycles. The summed E-state index contributed by atoms with van der Waals surface area (Å²) in [6.07, 6.45) is 1.68. The third-order valence-corrected chi connectivity index (χ3v) is 3.70. The second-order valence-electron chi connectivity index (χ2n) is 5.69. The van der Waals surface area contributed by atoms with Gasteiger partial charge in [0.1, 0.15) is 13.6 Å². The van der Waals surface area contributed by atoms with Gasteiger partial charge in [-0.15, -0.1) is 0 Å². The van der Waals surface area contributed by atoms with Gasteiger partial charge in [0.2, 0.25) is 0 Å². The number of nitrogens with zero attached hydrogens (tertiary/aromatic N) is 1. The molecule has 0 unspecified atom stereocenters. The van der Waals surface area contributed by atoms with Gasteiger partial charge in [-0.3, -0.25) is 4.90 Å². The molecule has 1 fully saturated rings. The third-order valence-electron chi connectivity index (χ3n) is 3.70. The second kappa shape index (κ2) is 7.14. The summed E-state index contributed by atoms with van der Waals surface area (Å²) in [7, 11) is 5.87. The molecule has 2 rings (SSSR count). The van der Waals surface area contributed by atoms with Gasteiger partial charge in [-0.1, -0.05) is 17.6 Å². The van der Waals surface area contributed by atoms with Gasteiger partial charge in [-0.2, -0.15) is 0 Å². The maximum atomic E-state index is 5.87. The fourth-order valence-electron chi connectivity index (χ4n) is 2.73. The lowest BCUT2D eigenvalue weighted by atomic mass is 9.91. The molecule has 1 aromatic carbocycles. The molecule has 0 spiro atoms. The van der Waals surface area contributed by atoms with E-state index in [1.165, 1.54) is 0 Å². The maximum Gasteiger partial charge on any atom is 0.121 e. The zero-order valence-electron chi connectivity index (χ0n) is 12.8. The van der Waals surface area contributed by atoms with Crippen LogP contribution in [0, 0.1) is 6.92 Å². The lowest BCUT2D eigenvalue weighted by Crippen LogP contribution is -2.45. The van der Waals surface area contributed by atoms with Crippen LogP contribution < -0.4 is 10.2 Å². The molecule has 0 aromatic heterocycles. The largest absolute Gasteiger partial charge is 0.493 e. The van der Waals surface area contributed by atoms with Gasteiger partial charge in [0.15, 0.2) is 0 Å². The molecule has 3 nitrogen and oxygen atoms in total. The fourth-order valence-corrected chi connectivity index (χ4v) is 2.73. The minimum atomic E-state index is 0.329. The molecular weight excluding hydrogens is 249 g/mol. The summed E-state index contributed by atoms with van der Waals surface area (Å²) in [4.78, 5) is 2.45. The minimum Gasteiger partial charge on any atom is -0.493 e. The summed E-state index contributed by atoms with van der Waals surface area (Å²) in [6, 6.07) is 5.81. The van der Waals surface area contributed by atoms with E-state index in [1.807, 2.05) is 25.1 Å². The number of morpholine rings is 1. The van der Waals surface area contributed by atoms with Crippen molar-refractivity contribution in [1.29, 1.82) is 0 Å². The van der Waals surface area contributed by atoms with Crippen LogP contribution in [0.5, 0.6) is 5.75 Å². The van der Waals surface area contributed by atoms with Gasteiger partial charge in [-0.05, 0) is 38.8 Å². The SMILES string of the molecule is [B]c1cccc(OCCCN2C[C@@H](C)O[C@@H](C)C2)c1C. The molecule has 20 heavy (non-hydrogen) atoms. The molecule has 0 N–H and O–H groups in total. The lowest BCUT2D eigenvalue weighted by molar-refractivity contribution is -0.0686. The topological polar surface area (TPSA) is 21.7 Å². The Morgan fingerprint density at radius 1 is 1.30 bits per heavy atom. The van der Waals surface area contributed by atoms with E-state index in [4.69, 9.17) is 17.3 Å². The van der Waals surface area contributed by atoms with Crippen molar-refractivity contribution in [3.05, 3.63) is 23.8 Å². The molecular formula is C16H24BNO2. The standard InChI is InChI=1S/C16H24BNO2/c1-12-10-18(11-13(2)20-12)8-5-9-19-16-7-4-6-15(17)14(16)3/h4,6-7,12-13H,5,8-11H2,1-3H3/t12-,13+. The highest BCUT2D eigenvalue weighted by Gasteiger charge is 2.21. The maximum absolute atomic E-state index is 5.87. The number of rotatable bonds is 5. The van der Waals surface area contributed by atoms with E-state index in [9.17, 15) is 0 Å². The molecule has 108 valence electrons. The van der Waals surface area contributed by atoms with Gasteiger partial charge < -0.3 is 9.47 Å². The highest BCUT2D eigenvalue weighted by Crippen LogP contribution is 2.15. The van der Waals surface area contributed by atoms with Crippen LogP contribution >= 0.6 is 0 Å². The Labute approximate surface area is 123 Å². The van der Waals surface area contributed by atoms with Crippen LogP contribution in [-0.4, -0.2) is 51.2 Å². The average molecular weight is 273 g/mol. The van der Waals surface area contributed by atoms with Crippen LogP contribution in [0.3, 0.4) is 0 Å². The summed E-state index contributed by atoms with van der Waals surface area (Å²) in [5, 5.41) is 0. The summed E-state index contributed by atoms with van der Waals surface area (Å²) in [6.45, 7) is 10.1. The molecule has 2 atom stereocenters. The van der Waals surface area contributed by atoms with E-state index in [2.05, 4.69) is 18.7 Å². The highest BCUT2D eigenvalue weighted by atomic mass is 16.5. The normalized spacial score (nSPS) is 23.8. The van der Waals surface area contributed by atoms with Crippen LogP contribution in [0.25, 0.3) is 0 Å². The highest BCUT2D eigenvalue weighted by molar-refractivity contribution is 6.33. The number of benzene rings is 1.